The smallest absolute Gasteiger partial charge is 0.237 e. The fourth-order valence-electron chi connectivity index (χ4n) is 4.91. The third-order valence-electron chi connectivity index (χ3n) is 6.60. The lowest BCUT2D eigenvalue weighted by Gasteiger charge is -2.36. The quantitative estimate of drug-likeness (QED) is 0.505. The molecule has 0 bridgehead atoms. The number of benzene rings is 2. The molecule has 0 radical (unpaired) electrons. The summed E-state index contributed by atoms with van der Waals surface area (Å²) in [6.45, 7) is 0.671. The summed E-state index contributed by atoms with van der Waals surface area (Å²) in [5.74, 6) is -1.63. The van der Waals surface area contributed by atoms with Crippen LogP contribution in [0.25, 0.3) is 22.2 Å². The van der Waals surface area contributed by atoms with Crippen molar-refractivity contribution in [3.8, 4) is 11.3 Å². The standard InChI is InChI=1S/C24H23F4N3O/c25-15-3-1-13(2-4-15)22-21(18-7-16(26)8-19(28)23(18)31-22)14-5-12(6-14)10-30-24(32)20-9-17(27)11-29-20/h1-4,7-8,12,14,17,20,29,31H,5-6,9-11H2,(H,30,32)/t12-,14-,17-,20-/m0/s1. The Morgan fingerprint density at radius 2 is 1.78 bits per heavy atom. The molecule has 3 aromatic rings. The van der Waals surface area contributed by atoms with Gasteiger partial charge in [0.2, 0.25) is 5.91 Å². The van der Waals surface area contributed by atoms with Gasteiger partial charge >= 0.3 is 0 Å². The van der Waals surface area contributed by atoms with E-state index in [0.29, 0.717) is 23.2 Å². The monoisotopic (exact) mass is 445 g/mol. The second-order valence-corrected chi connectivity index (χ2v) is 8.80. The summed E-state index contributed by atoms with van der Waals surface area (Å²) in [7, 11) is 0. The molecule has 0 unspecified atom stereocenters. The third-order valence-corrected chi connectivity index (χ3v) is 6.60. The summed E-state index contributed by atoms with van der Waals surface area (Å²) in [5.41, 5.74) is 2.39. The lowest BCUT2D eigenvalue weighted by atomic mass is 9.70. The van der Waals surface area contributed by atoms with Gasteiger partial charge in [-0.05, 0) is 66.1 Å². The molecule has 4 nitrogen and oxygen atoms in total. The molecule has 1 saturated heterocycles. The molecule has 1 saturated carbocycles. The van der Waals surface area contributed by atoms with Gasteiger partial charge in [-0.3, -0.25) is 4.79 Å². The summed E-state index contributed by atoms with van der Waals surface area (Å²) >= 11 is 0. The Balaban J connectivity index is 1.35. The van der Waals surface area contributed by atoms with Crippen LogP contribution in [0, 0.1) is 23.4 Å². The zero-order valence-corrected chi connectivity index (χ0v) is 17.2. The Bertz CT molecular complexity index is 1150. The summed E-state index contributed by atoms with van der Waals surface area (Å²) < 4.78 is 55.2. The van der Waals surface area contributed by atoms with Gasteiger partial charge in [-0.2, -0.15) is 0 Å². The highest BCUT2D eigenvalue weighted by molar-refractivity contribution is 5.92. The number of hydrogen-bond acceptors (Lipinski definition) is 2. The predicted molar refractivity (Wildman–Crippen MR) is 113 cm³/mol. The minimum atomic E-state index is -0.994. The maximum atomic E-state index is 14.5. The first kappa shape index (κ1) is 21.0. The number of amides is 1. The van der Waals surface area contributed by atoms with E-state index in [1.807, 2.05) is 0 Å². The average molecular weight is 445 g/mol. The summed E-state index contributed by atoms with van der Waals surface area (Å²) in [6.07, 6.45) is 0.672. The van der Waals surface area contributed by atoms with Crippen LogP contribution < -0.4 is 10.6 Å². The molecule has 1 aliphatic carbocycles. The molecule has 32 heavy (non-hydrogen) atoms. The molecule has 2 aliphatic rings. The number of hydrogen-bond donors (Lipinski definition) is 3. The van der Waals surface area contributed by atoms with Crippen LogP contribution in [0.15, 0.2) is 36.4 Å². The average Bonchev–Trinajstić information content (AvgIpc) is 3.32. The van der Waals surface area contributed by atoms with Crippen molar-refractivity contribution in [1.82, 2.24) is 15.6 Å². The van der Waals surface area contributed by atoms with Crippen LogP contribution in [0.2, 0.25) is 0 Å². The van der Waals surface area contributed by atoms with E-state index in [0.717, 1.165) is 24.5 Å². The van der Waals surface area contributed by atoms with Crippen molar-refractivity contribution in [2.75, 3.05) is 13.1 Å². The molecular weight excluding hydrogens is 422 g/mol. The van der Waals surface area contributed by atoms with Crippen molar-refractivity contribution < 1.29 is 22.4 Å². The van der Waals surface area contributed by atoms with Crippen molar-refractivity contribution in [3.63, 3.8) is 0 Å². The maximum absolute atomic E-state index is 14.5. The number of halogens is 4. The molecule has 2 fully saturated rings. The Labute approximate surface area is 182 Å². The predicted octanol–water partition coefficient (Wildman–Crippen LogP) is 4.56. The van der Waals surface area contributed by atoms with Crippen LogP contribution in [-0.2, 0) is 4.79 Å². The van der Waals surface area contributed by atoms with E-state index in [1.54, 1.807) is 12.1 Å². The highest BCUT2D eigenvalue weighted by Gasteiger charge is 2.36. The van der Waals surface area contributed by atoms with Crippen LogP contribution in [0.3, 0.4) is 0 Å². The van der Waals surface area contributed by atoms with Crippen LogP contribution in [0.5, 0.6) is 0 Å². The van der Waals surface area contributed by atoms with Crippen molar-refractivity contribution in [3.05, 3.63) is 59.4 Å². The summed E-state index contributed by atoms with van der Waals surface area (Å²) in [4.78, 5) is 15.3. The first-order valence-electron chi connectivity index (χ1n) is 10.8. The van der Waals surface area contributed by atoms with Gasteiger partial charge in [0.1, 0.15) is 23.6 Å². The normalized spacial score (nSPS) is 25.1. The van der Waals surface area contributed by atoms with Crippen LogP contribution in [-0.4, -0.2) is 36.2 Å². The van der Waals surface area contributed by atoms with Gasteiger partial charge in [0.25, 0.3) is 0 Å². The topological polar surface area (TPSA) is 56.9 Å². The van der Waals surface area contributed by atoms with Gasteiger partial charge in [-0.15, -0.1) is 0 Å². The Hall–Kier alpha value is -2.87. The van der Waals surface area contributed by atoms with Crippen molar-refractivity contribution in [2.45, 2.75) is 37.4 Å². The minimum absolute atomic E-state index is 0.0479. The van der Waals surface area contributed by atoms with E-state index in [1.165, 1.54) is 18.2 Å². The van der Waals surface area contributed by atoms with Gasteiger partial charge < -0.3 is 15.6 Å². The Morgan fingerprint density at radius 1 is 1.03 bits per heavy atom. The summed E-state index contributed by atoms with van der Waals surface area (Å²) in [6, 6.07) is 7.56. The number of rotatable bonds is 5. The van der Waals surface area contributed by atoms with E-state index in [2.05, 4.69) is 15.6 Å². The maximum Gasteiger partial charge on any atom is 0.237 e. The Kier molecular flexibility index (Phi) is 5.41. The van der Waals surface area contributed by atoms with Gasteiger partial charge in [0, 0.05) is 31.0 Å². The highest BCUT2D eigenvalue weighted by atomic mass is 19.1. The fourth-order valence-corrected chi connectivity index (χ4v) is 4.91. The molecule has 2 atom stereocenters. The molecule has 0 spiro atoms. The minimum Gasteiger partial charge on any atom is -0.354 e. The van der Waals surface area contributed by atoms with Crippen LogP contribution >= 0.6 is 0 Å². The number of H-pyrrole nitrogens is 1. The number of carbonyl (C=O) groups excluding carboxylic acids is 1. The first-order chi connectivity index (χ1) is 15.4. The van der Waals surface area contributed by atoms with Crippen molar-refractivity contribution in [1.29, 1.82) is 0 Å². The first-order valence-corrected chi connectivity index (χ1v) is 10.8. The molecule has 168 valence electrons. The number of aromatic amines is 1. The third kappa shape index (κ3) is 3.88. The number of alkyl halides is 1. The van der Waals surface area contributed by atoms with E-state index < -0.39 is 23.8 Å². The lowest BCUT2D eigenvalue weighted by molar-refractivity contribution is -0.123. The highest BCUT2D eigenvalue weighted by Crippen LogP contribution is 2.48. The molecular formula is C24H23F4N3O. The van der Waals surface area contributed by atoms with E-state index >= 15 is 0 Å². The SMILES string of the molecule is O=C(NC[C@H]1C[C@H](c2c(-c3ccc(F)cc3)[nH]c3c(F)cc(F)cc32)C1)[C@@H]1C[C@H](F)CN1. The second kappa shape index (κ2) is 8.24. The number of nitrogens with one attached hydrogen (secondary N) is 3. The fraction of sp³-hybridized carbons (Fsp3) is 0.375. The molecule has 5 rings (SSSR count). The van der Waals surface area contributed by atoms with E-state index in [4.69, 9.17) is 0 Å². The van der Waals surface area contributed by atoms with Gasteiger partial charge in [-0.25, -0.2) is 17.6 Å². The second-order valence-electron chi connectivity index (χ2n) is 8.80. The van der Waals surface area contributed by atoms with Crippen LogP contribution in [0.1, 0.15) is 30.7 Å². The molecule has 1 aromatic heterocycles. The molecule has 8 heteroatoms. The molecule has 1 aliphatic heterocycles. The van der Waals surface area contributed by atoms with Gasteiger partial charge in [0.05, 0.1) is 17.3 Å². The van der Waals surface area contributed by atoms with Crippen molar-refractivity contribution in [2.24, 2.45) is 5.92 Å². The van der Waals surface area contributed by atoms with E-state index in [9.17, 15) is 22.4 Å². The zero-order valence-electron chi connectivity index (χ0n) is 17.2. The number of carbonyl (C=O) groups is 1. The molecule has 3 N–H and O–H groups in total. The largest absolute Gasteiger partial charge is 0.354 e. The Morgan fingerprint density at radius 3 is 2.47 bits per heavy atom. The van der Waals surface area contributed by atoms with Crippen molar-refractivity contribution >= 4 is 16.8 Å². The number of fused-ring (bicyclic) bond motifs is 1. The van der Waals surface area contributed by atoms with Gasteiger partial charge in [0.15, 0.2) is 0 Å². The van der Waals surface area contributed by atoms with E-state index in [-0.39, 0.29) is 42.0 Å². The molecule has 2 aromatic carbocycles. The zero-order chi connectivity index (χ0) is 22.4. The van der Waals surface area contributed by atoms with Crippen LogP contribution in [0.4, 0.5) is 17.6 Å². The van der Waals surface area contributed by atoms with Gasteiger partial charge in [-0.1, -0.05) is 0 Å². The summed E-state index contributed by atoms with van der Waals surface area (Å²) in [5, 5.41) is 6.24. The number of aromatic nitrogens is 1. The molecule has 2 heterocycles. The lowest BCUT2D eigenvalue weighted by Crippen LogP contribution is -2.43. The molecule has 1 amide bonds.